The highest BCUT2D eigenvalue weighted by Gasteiger charge is 2.22. The van der Waals surface area contributed by atoms with Crippen molar-refractivity contribution in [1.82, 2.24) is 60.9 Å². The van der Waals surface area contributed by atoms with Crippen molar-refractivity contribution in [2.45, 2.75) is 26.1 Å². The Kier molecular flexibility index (Phi) is 41.9. The Hall–Kier alpha value is -3.98. The molecule has 0 spiro atoms. The molecule has 4 fully saturated rings. The van der Waals surface area contributed by atoms with Crippen LogP contribution in [0.2, 0.25) is 0 Å². The lowest BCUT2D eigenvalue weighted by Gasteiger charge is -2.33. The Balaban J connectivity index is 0.00000103. The molecular weight excluding hydrogens is 988 g/mol. The van der Waals surface area contributed by atoms with E-state index in [1.807, 2.05) is 4.90 Å². The summed E-state index contributed by atoms with van der Waals surface area (Å²) < 4.78 is 4.71. The number of carboxylic acid groups (broad SMARTS) is 7. The van der Waals surface area contributed by atoms with Crippen LogP contribution < -0.4 is 26.6 Å². The quantitative estimate of drug-likeness (QED) is 0.0538. The van der Waals surface area contributed by atoms with Gasteiger partial charge in [-0.15, -0.1) is 11.6 Å². The summed E-state index contributed by atoms with van der Waals surface area (Å²) in [6.07, 6.45) is 0.0276. The molecule has 426 valence electrons. The van der Waals surface area contributed by atoms with Crippen LogP contribution in [0, 0.1) is 0 Å². The van der Waals surface area contributed by atoms with Crippen LogP contribution in [-0.2, 0) is 38.3 Å². The molecule has 0 aromatic rings. The summed E-state index contributed by atoms with van der Waals surface area (Å²) >= 11 is 4.74. The molecule has 28 nitrogen and oxygen atoms in total. The van der Waals surface area contributed by atoms with Crippen LogP contribution in [0.3, 0.4) is 0 Å². The number of hydrogen-bond donors (Lipinski definition) is 13. The van der Waals surface area contributed by atoms with Gasteiger partial charge in [0, 0.05) is 164 Å². The second kappa shape index (κ2) is 44.3. The van der Waals surface area contributed by atoms with E-state index in [1.54, 1.807) is 36.3 Å². The van der Waals surface area contributed by atoms with Crippen LogP contribution in [0.5, 0.6) is 0 Å². The van der Waals surface area contributed by atoms with E-state index in [0.717, 1.165) is 59.0 Å². The van der Waals surface area contributed by atoms with Crippen molar-refractivity contribution in [3.63, 3.8) is 0 Å². The number of β-amino-alcohol motifs (C(OH)–C–C–N with tert-alkyl or cyclic N) is 1. The molecule has 0 aromatic heterocycles. The van der Waals surface area contributed by atoms with Gasteiger partial charge in [0.25, 0.3) is 0 Å². The third-order valence-electron chi connectivity index (χ3n) is 10.8. The lowest BCUT2D eigenvalue weighted by Crippen LogP contribution is -2.49. The number of ether oxygens (including phenoxy) is 1. The molecule has 4 aliphatic rings. The summed E-state index contributed by atoms with van der Waals surface area (Å²) in [5.74, 6) is -6.97. The predicted molar refractivity (Wildman–Crippen MR) is 271 cm³/mol. The second-order valence-corrected chi connectivity index (χ2v) is 17.9. The highest BCUT2D eigenvalue weighted by atomic mass is 35.5. The maximum atomic E-state index is 11.1. The summed E-state index contributed by atoms with van der Waals surface area (Å²) in [6, 6.07) is 0. The molecule has 0 aromatic carbocycles. The molecule has 2 atom stereocenters. The number of carbonyl (C=O) groups is 7. The van der Waals surface area contributed by atoms with E-state index < -0.39 is 47.9 Å². The lowest BCUT2D eigenvalue weighted by atomic mass is 10.3. The number of aliphatic carboxylic acids is 7. The van der Waals surface area contributed by atoms with Gasteiger partial charge in [-0.3, -0.25) is 67.9 Å². The minimum atomic E-state index is -0.982. The monoisotopic (exact) mass is 1070 g/mol. The van der Waals surface area contributed by atoms with Gasteiger partial charge in [0.15, 0.2) is 0 Å². The minimum absolute atomic E-state index is 0.0896. The summed E-state index contributed by atoms with van der Waals surface area (Å²) in [5, 5.41) is 88.2. The molecule has 4 aliphatic heterocycles. The van der Waals surface area contributed by atoms with Gasteiger partial charge in [-0.25, -0.2) is 0 Å². The van der Waals surface area contributed by atoms with Gasteiger partial charge >= 0.3 is 41.8 Å². The van der Waals surface area contributed by atoms with E-state index >= 15 is 0 Å². The zero-order valence-corrected chi connectivity index (χ0v) is 43.6. The summed E-state index contributed by atoms with van der Waals surface area (Å²) in [6.45, 7) is 20.3. The first-order chi connectivity index (χ1) is 34.7. The maximum Gasteiger partial charge on any atom is 0.318 e. The Morgan fingerprint density at radius 1 is 0.411 bits per heavy atom. The number of epoxide rings is 1. The highest BCUT2D eigenvalue weighted by Crippen LogP contribution is 2.04. The average molecular weight is 1080 g/mol. The third kappa shape index (κ3) is 47.5. The second-order valence-electron chi connectivity index (χ2n) is 17.6. The summed E-state index contributed by atoms with van der Waals surface area (Å²) in [5.41, 5.74) is 0. The SMILES string of the molecule is C1CNCCNCCNCCN1.CC(O)CN1CCN(CC(=O)O)CCN(CC(=O)O)CCN(CC(=O)O)CC1.CC1CO1.O=C(O)CCl.O=C(O)CN1CCNCCN(CC(=O)O)CCN(CC(=O)O)CC1. The van der Waals surface area contributed by atoms with Crippen molar-refractivity contribution in [2.75, 3.05) is 215 Å². The Morgan fingerprint density at radius 3 is 0.753 bits per heavy atom. The molecular formula is C44H87ClN12O16. The van der Waals surface area contributed by atoms with Crippen LogP contribution in [0.15, 0.2) is 0 Å². The van der Waals surface area contributed by atoms with Gasteiger partial charge in [0.1, 0.15) is 5.88 Å². The largest absolute Gasteiger partial charge is 0.480 e. The Morgan fingerprint density at radius 2 is 0.589 bits per heavy atom. The number of hydrogen-bond acceptors (Lipinski definition) is 21. The van der Waals surface area contributed by atoms with Gasteiger partial charge in [0.2, 0.25) is 0 Å². The number of alkyl halides is 1. The van der Waals surface area contributed by atoms with Crippen molar-refractivity contribution in [3.05, 3.63) is 0 Å². The van der Waals surface area contributed by atoms with E-state index in [1.165, 1.54) is 0 Å². The fourth-order valence-electron chi connectivity index (χ4n) is 7.04. The molecule has 0 bridgehead atoms. The standard InChI is InChI=1S/C17H32N4O7.C14H26N4O6.C8H20N4.C3H6O.C2H3ClO2/c1-14(22)10-18-2-4-19(11-15(23)24)6-8-21(13-17(27)28)9-7-20(5-3-18)12-16(25)26;19-12(20)9-16-3-1-15-2-4-17(10-13(21)22)6-8-18(7-5-16)11-14(23)24;1-2-10-5-6-12-8-7-11-4-3-9-1;1-3-2-4-3;3-1-2(4)5/h14,22H,2-13H2,1H3,(H,23,24)(H,25,26)(H,27,28);15H,1-11H2,(H,19,20)(H,21,22)(H,23,24);9-12H,1-8H2;3H,2H2,1H3;1H2,(H,4,5). The van der Waals surface area contributed by atoms with Gasteiger partial charge in [0.05, 0.1) is 58.1 Å². The topological polar surface area (TPSA) is 377 Å². The molecule has 29 heteroatoms. The first-order valence-electron chi connectivity index (χ1n) is 24.7. The number of halogens is 1. The fourth-order valence-corrected chi connectivity index (χ4v) is 7.04. The van der Waals surface area contributed by atoms with Gasteiger partial charge in [-0.1, -0.05) is 0 Å². The Bertz CT molecular complexity index is 1420. The van der Waals surface area contributed by atoms with Crippen molar-refractivity contribution >= 4 is 53.4 Å². The smallest absolute Gasteiger partial charge is 0.318 e. The molecule has 13 N–H and O–H groups in total. The maximum absolute atomic E-state index is 11.1. The average Bonchev–Trinajstić information content (AvgIpc) is 4.08. The molecule has 4 saturated heterocycles. The van der Waals surface area contributed by atoms with Crippen LogP contribution in [0.4, 0.5) is 0 Å². The van der Waals surface area contributed by atoms with E-state index in [2.05, 4.69) is 33.5 Å². The summed E-state index contributed by atoms with van der Waals surface area (Å²) in [7, 11) is 0. The molecule has 0 saturated carbocycles. The zero-order valence-electron chi connectivity index (χ0n) is 42.8. The zero-order chi connectivity index (χ0) is 54.8. The highest BCUT2D eigenvalue weighted by molar-refractivity contribution is 6.26. The number of nitrogens with one attached hydrogen (secondary N) is 5. The third-order valence-corrected chi connectivity index (χ3v) is 11.0. The van der Waals surface area contributed by atoms with E-state index in [4.69, 9.17) is 52.1 Å². The van der Waals surface area contributed by atoms with E-state index in [-0.39, 0.29) is 45.1 Å². The molecule has 0 amide bonds. The van der Waals surface area contributed by atoms with Crippen molar-refractivity contribution in [3.8, 4) is 0 Å². The summed E-state index contributed by atoms with van der Waals surface area (Å²) in [4.78, 5) is 87.9. The van der Waals surface area contributed by atoms with Crippen molar-refractivity contribution in [2.24, 2.45) is 0 Å². The molecule has 0 radical (unpaired) electrons. The predicted octanol–water partition coefficient (Wildman–Crippen LogP) is -5.33. The minimum Gasteiger partial charge on any atom is -0.480 e. The molecule has 4 rings (SSSR count). The normalized spacial score (nSPS) is 21.2. The van der Waals surface area contributed by atoms with Crippen LogP contribution in [0.1, 0.15) is 13.8 Å². The fraction of sp³-hybridized carbons (Fsp3) is 0.841. The van der Waals surface area contributed by atoms with Gasteiger partial charge < -0.3 is 72.2 Å². The number of carboxylic acids is 7. The molecule has 0 aliphatic carbocycles. The van der Waals surface area contributed by atoms with Crippen LogP contribution in [0.25, 0.3) is 0 Å². The first-order valence-corrected chi connectivity index (χ1v) is 25.2. The van der Waals surface area contributed by atoms with E-state index in [9.17, 15) is 38.7 Å². The lowest BCUT2D eigenvalue weighted by molar-refractivity contribution is -0.140. The first kappa shape index (κ1) is 69.0. The number of rotatable bonds is 15. The molecule has 2 unspecified atom stereocenters. The van der Waals surface area contributed by atoms with Gasteiger partial charge in [-0.05, 0) is 13.8 Å². The van der Waals surface area contributed by atoms with Gasteiger partial charge in [-0.2, -0.15) is 0 Å². The van der Waals surface area contributed by atoms with Crippen molar-refractivity contribution in [1.29, 1.82) is 0 Å². The molecule has 4 heterocycles. The Labute approximate surface area is 433 Å². The number of aliphatic hydroxyl groups excluding tert-OH is 1. The number of aliphatic hydroxyl groups is 1. The molecule has 73 heavy (non-hydrogen) atoms. The van der Waals surface area contributed by atoms with Crippen LogP contribution >= 0.6 is 11.6 Å². The van der Waals surface area contributed by atoms with Crippen LogP contribution in [-0.4, -0.2) is 345 Å². The van der Waals surface area contributed by atoms with Crippen molar-refractivity contribution < 1.29 is 79.2 Å². The number of nitrogens with zero attached hydrogens (tertiary/aromatic N) is 7. The van der Waals surface area contributed by atoms with E-state index in [0.29, 0.717) is 117 Å².